The molecule has 1 rings (SSSR count). The highest BCUT2D eigenvalue weighted by Gasteiger charge is 2.07. The number of rotatable bonds is 4. The fourth-order valence-corrected chi connectivity index (χ4v) is 1.16. The molecule has 1 heterocycles. The van der Waals surface area contributed by atoms with Crippen LogP contribution in [0.25, 0.3) is 0 Å². The van der Waals surface area contributed by atoms with E-state index in [-0.39, 0.29) is 12.5 Å². The zero-order valence-electron chi connectivity index (χ0n) is 9.11. The van der Waals surface area contributed by atoms with Crippen LogP contribution in [0.15, 0.2) is 6.20 Å². The minimum atomic E-state index is -0.869. The third-order valence-electron chi connectivity index (χ3n) is 1.84. The van der Waals surface area contributed by atoms with Gasteiger partial charge < -0.3 is 10.4 Å². The van der Waals surface area contributed by atoms with Crippen molar-refractivity contribution >= 4 is 11.9 Å². The standard InChI is InChI=1S/C10H15N3O2/c1-6(2)12-10-11-5-8(4-9(14)15)7(3)13-10/h5-6H,4H2,1-3H3,(H,14,15)(H,11,12,13). The minimum Gasteiger partial charge on any atom is -0.481 e. The van der Waals surface area contributed by atoms with Crippen molar-refractivity contribution < 1.29 is 9.90 Å². The van der Waals surface area contributed by atoms with Gasteiger partial charge in [-0.3, -0.25) is 4.79 Å². The summed E-state index contributed by atoms with van der Waals surface area (Å²) in [6.07, 6.45) is 1.52. The Bertz CT molecular complexity index is 364. The lowest BCUT2D eigenvalue weighted by Gasteiger charge is -2.09. The van der Waals surface area contributed by atoms with Crippen molar-refractivity contribution in [1.82, 2.24) is 9.97 Å². The Morgan fingerprint density at radius 2 is 2.27 bits per heavy atom. The van der Waals surface area contributed by atoms with E-state index in [0.717, 1.165) is 0 Å². The molecule has 1 aromatic heterocycles. The van der Waals surface area contributed by atoms with Crippen molar-refractivity contribution in [3.63, 3.8) is 0 Å². The van der Waals surface area contributed by atoms with Crippen LogP contribution < -0.4 is 5.32 Å². The molecule has 5 nitrogen and oxygen atoms in total. The predicted molar refractivity (Wildman–Crippen MR) is 56.9 cm³/mol. The average Bonchev–Trinajstić information content (AvgIpc) is 2.08. The molecule has 15 heavy (non-hydrogen) atoms. The fourth-order valence-electron chi connectivity index (χ4n) is 1.16. The van der Waals surface area contributed by atoms with Crippen LogP contribution in [0.3, 0.4) is 0 Å². The van der Waals surface area contributed by atoms with E-state index in [2.05, 4.69) is 15.3 Å². The Morgan fingerprint density at radius 3 is 2.73 bits per heavy atom. The second kappa shape index (κ2) is 4.72. The molecule has 0 unspecified atom stereocenters. The molecule has 1 aromatic rings. The summed E-state index contributed by atoms with van der Waals surface area (Å²) >= 11 is 0. The fraction of sp³-hybridized carbons (Fsp3) is 0.500. The number of anilines is 1. The number of aryl methyl sites for hydroxylation is 1. The van der Waals surface area contributed by atoms with Crippen LogP contribution in [0.4, 0.5) is 5.95 Å². The highest BCUT2D eigenvalue weighted by Crippen LogP contribution is 2.08. The number of aliphatic carboxylic acids is 1. The first-order valence-electron chi connectivity index (χ1n) is 4.80. The zero-order valence-corrected chi connectivity index (χ0v) is 9.11. The van der Waals surface area contributed by atoms with Crippen molar-refractivity contribution in [1.29, 1.82) is 0 Å². The van der Waals surface area contributed by atoms with Gasteiger partial charge in [0.1, 0.15) is 0 Å². The Hall–Kier alpha value is -1.65. The van der Waals surface area contributed by atoms with Crippen LogP contribution in [-0.2, 0) is 11.2 Å². The van der Waals surface area contributed by atoms with Gasteiger partial charge in [0.15, 0.2) is 0 Å². The maximum absolute atomic E-state index is 10.5. The molecule has 0 aromatic carbocycles. The van der Waals surface area contributed by atoms with Gasteiger partial charge in [0.2, 0.25) is 5.95 Å². The van der Waals surface area contributed by atoms with Crippen LogP contribution in [-0.4, -0.2) is 27.1 Å². The molecular weight excluding hydrogens is 194 g/mol. The molecule has 0 bridgehead atoms. The molecule has 0 fully saturated rings. The van der Waals surface area contributed by atoms with Gasteiger partial charge in [0.25, 0.3) is 0 Å². The molecule has 2 N–H and O–H groups in total. The number of carboxylic acids is 1. The number of carbonyl (C=O) groups is 1. The number of nitrogens with zero attached hydrogens (tertiary/aromatic N) is 2. The maximum Gasteiger partial charge on any atom is 0.307 e. The molecule has 0 saturated heterocycles. The maximum atomic E-state index is 10.5. The lowest BCUT2D eigenvalue weighted by atomic mass is 10.2. The third-order valence-corrected chi connectivity index (χ3v) is 1.84. The smallest absolute Gasteiger partial charge is 0.307 e. The molecule has 0 radical (unpaired) electrons. The second-order valence-corrected chi connectivity index (χ2v) is 3.67. The minimum absolute atomic E-state index is 0.0339. The van der Waals surface area contributed by atoms with Crippen LogP contribution in [0, 0.1) is 6.92 Å². The summed E-state index contributed by atoms with van der Waals surface area (Å²) in [4.78, 5) is 18.7. The van der Waals surface area contributed by atoms with Gasteiger partial charge >= 0.3 is 5.97 Å². The van der Waals surface area contributed by atoms with Crippen LogP contribution in [0.2, 0.25) is 0 Å². The number of hydrogen-bond acceptors (Lipinski definition) is 4. The second-order valence-electron chi connectivity index (χ2n) is 3.67. The first kappa shape index (κ1) is 11.4. The van der Waals surface area contributed by atoms with Gasteiger partial charge in [-0.15, -0.1) is 0 Å². The number of aromatic nitrogens is 2. The van der Waals surface area contributed by atoms with Gasteiger partial charge in [-0.2, -0.15) is 0 Å². The van der Waals surface area contributed by atoms with Crippen molar-refractivity contribution in [2.45, 2.75) is 33.2 Å². The Kier molecular flexibility index (Phi) is 3.60. The molecule has 0 atom stereocenters. The van der Waals surface area contributed by atoms with Gasteiger partial charge in [0.05, 0.1) is 6.42 Å². The van der Waals surface area contributed by atoms with E-state index >= 15 is 0 Å². The first-order valence-corrected chi connectivity index (χ1v) is 4.80. The van der Waals surface area contributed by atoms with Crippen molar-refractivity contribution in [3.8, 4) is 0 Å². The summed E-state index contributed by atoms with van der Waals surface area (Å²) in [5.74, 6) is -0.331. The van der Waals surface area contributed by atoms with Gasteiger partial charge in [-0.1, -0.05) is 0 Å². The lowest BCUT2D eigenvalue weighted by Crippen LogP contribution is -2.14. The summed E-state index contributed by atoms with van der Waals surface area (Å²) in [6.45, 7) is 5.76. The largest absolute Gasteiger partial charge is 0.481 e. The van der Waals surface area contributed by atoms with Crippen LogP contribution >= 0.6 is 0 Å². The monoisotopic (exact) mass is 209 g/mol. The number of carboxylic acid groups (broad SMARTS) is 1. The first-order chi connectivity index (χ1) is 6.99. The zero-order chi connectivity index (χ0) is 11.4. The van der Waals surface area contributed by atoms with E-state index in [9.17, 15) is 4.79 Å². The van der Waals surface area contributed by atoms with Crippen molar-refractivity contribution in [3.05, 3.63) is 17.5 Å². The van der Waals surface area contributed by atoms with E-state index in [1.807, 2.05) is 13.8 Å². The summed E-state index contributed by atoms with van der Waals surface area (Å²) < 4.78 is 0. The molecule has 5 heteroatoms. The van der Waals surface area contributed by atoms with E-state index in [0.29, 0.717) is 17.2 Å². The number of hydrogen-bond donors (Lipinski definition) is 2. The Labute approximate surface area is 88.6 Å². The Morgan fingerprint density at radius 1 is 1.60 bits per heavy atom. The topological polar surface area (TPSA) is 75.1 Å². The highest BCUT2D eigenvalue weighted by molar-refractivity contribution is 5.70. The number of nitrogens with one attached hydrogen (secondary N) is 1. The highest BCUT2D eigenvalue weighted by atomic mass is 16.4. The van der Waals surface area contributed by atoms with Crippen LogP contribution in [0.1, 0.15) is 25.1 Å². The summed E-state index contributed by atoms with van der Waals surface area (Å²) in [7, 11) is 0. The van der Waals surface area contributed by atoms with Crippen molar-refractivity contribution in [2.24, 2.45) is 0 Å². The predicted octanol–water partition coefficient (Wildman–Crippen LogP) is 1.23. The SMILES string of the molecule is Cc1nc(NC(C)C)ncc1CC(=O)O. The van der Waals surface area contributed by atoms with E-state index in [1.54, 1.807) is 13.1 Å². The summed E-state index contributed by atoms with van der Waals surface area (Å²) in [6, 6.07) is 0.259. The van der Waals surface area contributed by atoms with E-state index < -0.39 is 5.97 Å². The summed E-state index contributed by atoms with van der Waals surface area (Å²) in [5, 5.41) is 11.7. The molecular formula is C10H15N3O2. The lowest BCUT2D eigenvalue weighted by molar-refractivity contribution is -0.136. The van der Waals surface area contributed by atoms with E-state index in [1.165, 1.54) is 0 Å². The van der Waals surface area contributed by atoms with Crippen LogP contribution in [0.5, 0.6) is 0 Å². The molecule has 0 spiro atoms. The molecule has 0 saturated carbocycles. The third kappa shape index (κ3) is 3.53. The Balaban J connectivity index is 2.83. The molecule has 0 amide bonds. The average molecular weight is 209 g/mol. The van der Waals surface area contributed by atoms with Crippen molar-refractivity contribution in [2.75, 3.05) is 5.32 Å². The van der Waals surface area contributed by atoms with Gasteiger partial charge in [0, 0.05) is 23.5 Å². The van der Waals surface area contributed by atoms with Gasteiger partial charge in [-0.05, 0) is 20.8 Å². The quantitative estimate of drug-likeness (QED) is 0.780. The van der Waals surface area contributed by atoms with Gasteiger partial charge in [-0.25, -0.2) is 9.97 Å². The normalized spacial score (nSPS) is 10.4. The molecule has 0 aliphatic carbocycles. The summed E-state index contributed by atoms with van der Waals surface area (Å²) in [5.41, 5.74) is 1.35. The van der Waals surface area contributed by atoms with E-state index in [4.69, 9.17) is 5.11 Å². The molecule has 0 aliphatic rings. The molecule has 0 aliphatic heterocycles. The molecule has 82 valence electrons.